The van der Waals surface area contributed by atoms with Crippen LogP contribution in [-0.2, 0) is 14.4 Å². The number of benzene rings is 3. The van der Waals surface area contributed by atoms with Crippen LogP contribution in [0.15, 0.2) is 82.8 Å². The van der Waals surface area contributed by atoms with E-state index in [1.165, 1.54) is 6.08 Å². The van der Waals surface area contributed by atoms with Crippen LogP contribution in [-0.4, -0.2) is 30.4 Å². The van der Waals surface area contributed by atoms with Gasteiger partial charge in [-0.05, 0) is 55.0 Å². The zero-order valence-electron chi connectivity index (χ0n) is 18.6. The number of hydrogen-bond acceptors (Lipinski definition) is 5. The maximum Gasteiger partial charge on any atom is 0.335 e. The summed E-state index contributed by atoms with van der Waals surface area (Å²) in [7, 11) is 0. The zero-order valence-corrected chi connectivity index (χ0v) is 20.2. The third kappa shape index (κ3) is 5.47. The maximum atomic E-state index is 13.1. The fraction of sp³-hybridized carbons (Fsp3) is 0.0769. The number of ether oxygens (including phenoxy) is 1. The van der Waals surface area contributed by atoms with Crippen molar-refractivity contribution in [3.05, 3.63) is 94.0 Å². The molecule has 0 unspecified atom stereocenters. The van der Waals surface area contributed by atoms with Gasteiger partial charge < -0.3 is 10.1 Å². The van der Waals surface area contributed by atoms with Gasteiger partial charge in [-0.3, -0.25) is 19.7 Å². The Hall–Kier alpha value is -4.24. The first kappa shape index (κ1) is 23.9. The van der Waals surface area contributed by atoms with E-state index in [-0.39, 0.29) is 23.8 Å². The number of hydrogen-bond donors (Lipinski definition) is 2. The van der Waals surface area contributed by atoms with Crippen molar-refractivity contribution in [2.75, 3.05) is 16.8 Å². The predicted molar refractivity (Wildman–Crippen MR) is 135 cm³/mol. The monoisotopic (exact) mass is 533 g/mol. The topological polar surface area (TPSA) is 105 Å². The lowest BCUT2D eigenvalue weighted by Crippen LogP contribution is -2.54. The number of carbonyl (C=O) groups excluding carboxylic acids is 4. The number of para-hydroxylation sites is 2. The Balaban J connectivity index is 1.58. The van der Waals surface area contributed by atoms with Crippen molar-refractivity contribution >= 4 is 57.1 Å². The molecule has 0 bridgehead atoms. The van der Waals surface area contributed by atoms with Gasteiger partial charge in [-0.25, -0.2) is 9.69 Å². The van der Waals surface area contributed by atoms with Crippen LogP contribution in [0.25, 0.3) is 6.08 Å². The molecule has 1 heterocycles. The molecule has 0 saturated carbocycles. The fourth-order valence-corrected chi connectivity index (χ4v) is 3.81. The van der Waals surface area contributed by atoms with Crippen LogP contribution in [0.5, 0.6) is 5.75 Å². The van der Waals surface area contributed by atoms with Gasteiger partial charge in [0.1, 0.15) is 11.3 Å². The van der Waals surface area contributed by atoms with Gasteiger partial charge >= 0.3 is 6.03 Å². The molecular formula is C26H20BrN3O5. The average Bonchev–Trinajstić information content (AvgIpc) is 2.83. The molecule has 0 radical (unpaired) electrons. The van der Waals surface area contributed by atoms with E-state index in [9.17, 15) is 19.2 Å². The van der Waals surface area contributed by atoms with E-state index in [2.05, 4.69) is 26.6 Å². The Labute approximate surface area is 209 Å². The molecule has 4 rings (SSSR count). The van der Waals surface area contributed by atoms with E-state index in [1.54, 1.807) is 54.6 Å². The highest BCUT2D eigenvalue weighted by Crippen LogP contribution is 2.28. The summed E-state index contributed by atoms with van der Waals surface area (Å²) in [4.78, 5) is 51.3. The number of urea groups is 1. The Morgan fingerprint density at radius 1 is 1.03 bits per heavy atom. The lowest BCUT2D eigenvalue weighted by Gasteiger charge is -2.26. The third-order valence-electron chi connectivity index (χ3n) is 5.17. The standard InChI is InChI=1S/C26H20BrN3O5/c1-16-7-5-6-10-21(16)28-23(31)15-35-22-12-11-18(27)13-17(22)14-20-24(32)29-26(34)30(25(20)33)19-8-3-2-4-9-19/h2-14H,15H2,1H3,(H,28,31)(H,29,32,34)/b20-14-. The molecule has 8 nitrogen and oxygen atoms in total. The second-order valence-electron chi connectivity index (χ2n) is 7.63. The number of carbonyl (C=O) groups is 4. The summed E-state index contributed by atoms with van der Waals surface area (Å²) in [5.41, 5.74) is 2.04. The number of rotatable bonds is 6. The van der Waals surface area contributed by atoms with Crippen LogP contribution in [0, 0.1) is 6.92 Å². The summed E-state index contributed by atoms with van der Waals surface area (Å²) in [5, 5.41) is 4.97. The number of aryl methyl sites for hydroxylation is 1. The van der Waals surface area contributed by atoms with Crippen molar-refractivity contribution in [1.82, 2.24) is 5.32 Å². The number of imide groups is 2. The van der Waals surface area contributed by atoms with Crippen LogP contribution in [0.4, 0.5) is 16.2 Å². The predicted octanol–water partition coefficient (Wildman–Crippen LogP) is 4.44. The summed E-state index contributed by atoms with van der Waals surface area (Å²) in [6.07, 6.45) is 1.33. The van der Waals surface area contributed by atoms with Crippen LogP contribution >= 0.6 is 15.9 Å². The second-order valence-corrected chi connectivity index (χ2v) is 8.54. The van der Waals surface area contributed by atoms with E-state index < -0.39 is 17.8 Å². The Bertz CT molecular complexity index is 1350. The summed E-state index contributed by atoms with van der Waals surface area (Å²) >= 11 is 3.37. The SMILES string of the molecule is Cc1ccccc1NC(=O)COc1ccc(Br)cc1/C=C1/C(=O)NC(=O)N(c2ccccc2)C1=O. The van der Waals surface area contributed by atoms with Crippen molar-refractivity contribution < 1.29 is 23.9 Å². The first-order valence-corrected chi connectivity index (χ1v) is 11.4. The van der Waals surface area contributed by atoms with Gasteiger partial charge in [0, 0.05) is 15.7 Å². The summed E-state index contributed by atoms with van der Waals surface area (Å²) in [6, 6.07) is 19.8. The minimum Gasteiger partial charge on any atom is -0.483 e. The molecule has 1 fully saturated rings. The number of amides is 5. The highest BCUT2D eigenvalue weighted by Gasteiger charge is 2.36. The highest BCUT2D eigenvalue weighted by atomic mass is 79.9. The quantitative estimate of drug-likeness (QED) is 0.360. The molecule has 0 spiro atoms. The van der Waals surface area contributed by atoms with Crippen molar-refractivity contribution in [1.29, 1.82) is 0 Å². The smallest absolute Gasteiger partial charge is 0.335 e. The van der Waals surface area contributed by atoms with Gasteiger partial charge in [0.15, 0.2) is 6.61 Å². The van der Waals surface area contributed by atoms with Crippen molar-refractivity contribution in [3.8, 4) is 5.75 Å². The van der Waals surface area contributed by atoms with Gasteiger partial charge in [0.2, 0.25) is 0 Å². The highest BCUT2D eigenvalue weighted by molar-refractivity contribution is 9.10. The summed E-state index contributed by atoms with van der Waals surface area (Å²) in [5.74, 6) is -1.68. The minimum atomic E-state index is -0.832. The largest absolute Gasteiger partial charge is 0.483 e. The number of halogens is 1. The van der Waals surface area contributed by atoms with Gasteiger partial charge in [-0.1, -0.05) is 52.3 Å². The molecule has 0 aliphatic carbocycles. The van der Waals surface area contributed by atoms with E-state index in [1.807, 2.05) is 25.1 Å². The molecular weight excluding hydrogens is 514 g/mol. The van der Waals surface area contributed by atoms with Crippen LogP contribution in [0.2, 0.25) is 0 Å². The van der Waals surface area contributed by atoms with Gasteiger partial charge in [0.05, 0.1) is 5.69 Å². The van der Waals surface area contributed by atoms with Crippen LogP contribution in [0.3, 0.4) is 0 Å². The van der Waals surface area contributed by atoms with Crippen LogP contribution in [0.1, 0.15) is 11.1 Å². The molecule has 1 saturated heterocycles. The first-order chi connectivity index (χ1) is 16.8. The minimum absolute atomic E-state index is 0.249. The third-order valence-corrected chi connectivity index (χ3v) is 5.66. The molecule has 0 aromatic heterocycles. The average molecular weight is 534 g/mol. The second kappa shape index (κ2) is 10.4. The Kier molecular flexibility index (Phi) is 7.07. The first-order valence-electron chi connectivity index (χ1n) is 10.6. The molecule has 3 aromatic rings. The molecule has 1 aliphatic rings. The molecule has 9 heteroatoms. The van der Waals surface area contributed by atoms with E-state index >= 15 is 0 Å². The van der Waals surface area contributed by atoms with E-state index in [4.69, 9.17) is 4.74 Å². The molecule has 176 valence electrons. The summed E-state index contributed by atoms with van der Waals surface area (Å²) in [6.45, 7) is 1.59. The maximum absolute atomic E-state index is 13.1. The van der Waals surface area contributed by atoms with Gasteiger partial charge in [-0.15, -0.1) is 0 Å². The zero-order chi connectivity index (χ0) is 24.9. The van der Waals surface area contributed by atoms with Crippen LogP contribution < -0.4 is 20.3 Å². The molecule has 3 aromatic carbocycles. The fourth-order valence-electron chi connectivity index (χ4n) is 3.43. The number of barbiturate groups is 1. The van der Waals surface area contributed by atoms with Crippen molar-refractivity contribution in [2.24, 2.45) is 0 Å². The molecule has 0 atom stereocenters. The van der Waals surface area contributed by atoms with Gasteiger partial charge in [-0.2, -0.15) is 0 Å². The normalized spacial score (nSPS) is 14.6. The Morgan fingerprint density at radius 3 is 2.49 bits per heavy atom. The lowest BCUT2D eigenvalue weighted by atomic mass is 10.1. The van der Waals surface area contributed by atoms with E-state index in [0.29, 0.717) is 21.4 Å². The lowest BCUT2D eigenvalue weighted by molar-refractivity contribution is -0.122. The van der Waals surface area contributed by atoms with Crippen molar-refractivity contribution in [3.63, 3.8) is 0 Å². The number of nitrogens with one attached hydrogen (secondary N) is 2. The van der Waals surface area contributed by atoms with Crippen molar-refractivity contribution in [2.45, 2.75) is 6.92 Å². The summed E-state index contributed by atoms with van der Waals surface area (Å²) < 4.78 is 6.38. The molecule has 5 amide bonds. The van der Waals surface area contributed by atoms with Gasteiger partial charge in [0.25, 0.3) is 17.7 Å². The number of anilines is 2. The number of nitrogens with zero attached hydrogens (tertiary/aromatic N) is 1. The molecule has 35 heavy (non-hydrogen) atoms. The molecule has 2 N–H and O–H groups in total. The molecule has 1 aliphatic heterocycles. The van der Waals surface area contributed by atoms with E-state index in [0.717, 1.165) is 10.5 Å². The Morgan fingerprint density at radius 2 is 1.74 bits per heavy atom.